The quantitative estimate of drug-likeness (QED) is 0.156. The first-order valence-corrected chi connectivity index (χ1v) is 21.8. The summed E-state index contributed by atoms with van der Waals surface area (Å²) in [7, 11) is 0. The van der Waals surface area contributed by atoms with Crippen LogP contribution in [-0.2, 0) is 5.41 Å². The van der Waals surface area contributed by atoms with Gasteiger partial charge in [-0.2, -0.15) is 0 Å². The van der Waals surface area contributed by atoms with Crippen LogP contribution in [0.4, 0.5) is 17.1 Å². The van der Waals surface area contributed by atoms with Gasteiger partial charge in [-0.05, 0) is 159 Å². The van der Waals surface area contributed by atoms with Crippen LogP contribution in [0.1, 0.15) is 43.2 Å². The van der Waals surface area contributed by atoms with E-state index in [-0.39, 0.29) is 5.41 Å². The van der Waals surface area contributed by atoms with Crippen LogP contribution >= 0.6 is 0 Å². The summed E-state index contributed by atoms with van der Waals surface area (Å²) in [6, 6.07) is 75.0. The zero-order valence-corrected chi connectivity index (χ0v) is 33.3. The normalized spacial score (nSPS) is 22.0. The molecular formula is C58H47N. The minimum atomic E-state index is 0.00679. The maximum absolute atomic E-state index is 2.65. The molecule has 0 atom stereocenters. The highest BCUT2D eigenvalue weighted by Gasteiger charge is 2.62. The Morgan fingerprint density at radius 3 is 1.22 bits per heavy atom. The van der Waals surface area contributed by atoms with Gasteiger partial charge in [0.1, 0.15) is 0 Å². The third kappa shape index (κ3) is 5.59. The molecule has 5 aliphatic rings. The van der Waals surface area contributed by atoms with Crippen molar-refractivity contribution in [2.24, 2.45) is 23.7 Å². The second kappa shape index (κ2) is 13.8. The van der Waals surface area contributed by atoms with E-state index in [1.165, 1.54) is 93.4 Å². The third-order valence-electron chi connectivity index (χ3n) is 14.6. The standard InChI is InChI=1S/C58H47N/c1-5-13-41(14-6-1)45-21-26-51(27-22-45)59(52-28-23-46(24-29-52)42-15-7-2-8-16-42)56-38-48(44-19-11-4-12-20-44)37-55-57(56)53-36-47(43-17-9-3-10-18-43)25-30-54(53)58(55)49-32-39-31-40(34-49)35-50(58)33-39/h1-30,36-40,49-50H,31-35H2. The molecule has 4 fully saturated rings. The summed E-state index contributed by atoms with van der Waals surface area (Å²) < 4.78 is 0. The van der Waals surface area contributed by atoms with E-state index in [0.29, 0.717) is 11.8 Å². The molecule has 0 aromatic heterocycles. The maximum atomic E-state index is 2.65. The van der Waals surface area contributed by atoms with Gasteiger partial charge in [-0.3, -0.25) is 0 Å². The average Bonchev–Trinajstić information content (AvgIpc) is 3.59. The number of benzene rings is 8. The van der Waals surface area contributed by atoms with Crippen LogP contribution in [-0.4, -0.2) is 0 Å². The molecule has 0 saturated heterocycles. The molecule has 8 aromatic rings. The van der Waals surface area contributed by atoms with Gasteiger partial charge in [0.2, 0.25) is 0 Å². The topological polar surface area (TPSA) is 3.24 Å². The van der Waals surface area contributed by atoms with Gasteiger partial charge in [-0.25, -0.2) is 0 Å². The molecule has 13 rings (SSSR count). The van der Waals surface area contributed by atoms with E-state index < -0.39 is 0 Å². The number of rotatable bonds is 7. The van der Waals surface area contributed by atoms with Crippen LogP contribution in [0, 0.1) is 23.7 Å². The van der Waals surface area contributed by atoms with Gasteiger partial charge >= 0.3 is 0 Å². The molecule has 284 valence electrons. The van der Waals surface area contributed by atoms with Gasteiger partial charge in [-0.1, -0.05) is 158 Å². The van der Waals surface area contributed by atoms with E-state index in [4.69, 9.17) is 0 Å². The largest absolute Gasteiger partial charge is 0.310 e. The summed E-state index contributed by atoms with van der Waals surface area (Å²) in [6.07, 6.45) is 6.84. The molecule has 0 N–H and O–H groups in total. The minimum absolute atomic E-state index is 0.00679. The van der Waals surface area contributed by atoms with Crippen molar-refractivity contribution in [2.75, 3.05) is 4.90 Å². The van der Waals surface area contributed by atoms with Crippen LogP contribution in [0.15, 0.2) is 200 Å². The molecule has 0 amide bonds. The van der Waals surface area contributed by atoms with Crippen LogP contribution in [0.2, 0.25) is 0 Å². The Kier molecular flexibility index (Phi) is 8.12. The highest BCUT2D eigenvalue weighted by atomic mass is 15.1. The molecule has 4 bridgehead atoms. The first-order chi connectivity index (χ1) is 29.2. The van der Waals surface area contributed by atoms with E-state index in [2.05, 4.69) is 205 Å². The monoisotopic (exact) mass is 757 g/mol. The zero-order chi connectivity index (χ0) is 38.9. The fourth-order valence-corrected chi connectivity index (χ4v) is 12.4. The van der Waals surface area contributed by atoms with Crippen molar-refractivity contribution in [1.29, 1.82) is 0 Å². The van der Waals surface area contributed by atoms with Gasteiger partial charge in [0.05, 0.1) is 5.69 Å². The van der Waals surface area contributed by atoms with Crippen molar-refractivity contribution in [1.82, 2.24) is 0 Å². The number of fused-ring (bicyclic) bond motifs is 3. The van der Waals surface area contributed by atoms with E-state index >= 15 is 0 Å². The second-order valence-electron chi connectivity index (χ2n) is 17.7. The molecule has 0 heterocycles. The highest BCUT2D eigenvalue weighted by molar-refractivity contribution is 5.99. The van der Waals surface area contributed by atoms with Gasteiger partial charge in [-0.15, -0.1) is 0 Å². The summed E-state index contributed by atoms with van der Waals surface area (Å²) >= 11 is 0. The first-order valence-electron chi connectivity index (χ1n) is 21.8. The van der Waals surface area contributed by atoms with E-state index in [1.807, 2.05) is 0 Å². The smallest absolute Gasteiger partial charge is 0.0549 e. The lowest BCUT2D eigenvalue weighted by atomic mass is 9.43. The summed E-state index contributed by atoms with van der Waals surface area (Å²) in [6.45, 7) is 0. The molecule has 4 saturated carbocycles. The lowest BCUT2D eigenvalue weighted by molar-refractivity contribution is -0.0399. The number of anilines is 3. The van der Waals surface area contributed by atoms with Gasteiger partial charge < -0.3 is 4.90 Å². The van der Waals surface area contributed by atoms with Crippen LogP contribution in [0.3, 0.4) is 0 Å². The van der Waals surface area contributed by atoms with Crippen molar-refractivity contribution in [3.8, 4) is 55.6 Å². The van der Waals surface area contributed by atoms with Crippen molar-refractivity contribution < 1.29 is 0 Å². The average molecular weight is 758 g/mol. The van der Waals surface area contributed by atoms with E-state index in [1.54, 1.807) is 11.1 Å². The molecule has 8 aromatic carbocycles. The van der Waals surface area contributed by atoms with Gasteiger partial charge in [0.15, 0.2) is 0 Å². The summed E-state index contributed by atoms with van der Waals surface area (Å²) in [4.78, 5) is 2.57. The van der Waals surface area contributed by atoms with Crippen molar-refractivity contribution >= 4 is 17.1 Å². The Bertz CT molecular complexity index is 2680. The molecular weight excluding hydrogens is 711 g/mol. The van der Waals surface area contributed by atoms with Gasteiger partial charge in [0.25, 0.3) is 0 Å². The Morgan fingerprint density at radius 1 is 0.339 bits per heavy atom. The molecule has 5 aliphatic carbocycles. The predicted molar refractivity (Wildman–Crippen MR) is 246 cm³/mol. The third-order valence-corrected chi connectivity index (χ3v) is 14.6. The number of hydrogen-bond donors (Lipinski definition) is 0. The maximum Gasteiger partial charge on any atom is 0.0549 e. The second-order valence-corrected chi connectivity index (χ2v) is 17.7. The van der Waals surface area contributed by atoms with Crippen LogP contribution in [0.5, 0.6) is 0 Å². The molecule has 0 radical (unpaired) electrons. The predicted octanol–water partition coefficient (Wildman–Crippen LogP) is 15.5. The highest BCUT2D eigenvalue weighted by Crippen LogP contribution is 2.71. The molecule has 1 heteroatoms. The molecule has 59 heavy (non-hydrogen) atoms. The summed E-state index contributed by atoms with van der Waals surface area (Å²) in [5.74, 6) is 3.06. The Labute approximate surface area is 348 Å². The molecule has 0 unspecified atom stereocenters. The fourth-order valence-electron chi connectivity index (χ4n) is 12.4. The molecule has 0 aliphatic heterocycles. The van der Waals surface area contributed by atoms with Crippen LogP contribution < -0.4 is 4.90 Å². The summed E-state index contributed by atoms with van der Waals surface area (Å²) in [5, 5.41) is 0. The van der Waals surface area contributed by atoms with Crippen molar-refractivity contribution in [3.63, 3.8) is 0 Å². The SMILES string of the molecule is c1ccc(-c2ccc(N(c3ccc(-c4ccccc4)cc3)c3cc(-c4ccccc4)cc4c3-c3cc(-c5ccccc5)ccc3C43C4CC5CC(C4)CC3C5)cc2)cc1. The van der Waals surface area contributed by atoms with Crippen molar-refractivity contribution in [3.05, 3.63) is 211 Å². The number of nitrogens with zero attached hydrogens (tertiary/aromatic N) is 1. The number of hydrogen-bond acceptors (Lipinski definition) is 1. The minimum Gasteiger partial charge on any atom is -0.310 e. The zero-order valence-electron chi connectivity index (χ0n) is 33.3. The lowest BCUT2D eigenvalue weighted by Gasteiger charge is -2.61. The molecule has 1 nitrogen and oxygen atoms in total. The molecule has 1 spiro atoms. The van der Waals surface area contributed by atoms with Crippen molar-refractivity contribution in [2.45, 2.75) is 37.5 Å². The Morgan fingerprint density at radius 2 is 0.746 bits per heavy atom. The van der Waals surface area contributed by atoms with Crippen LogP contribution in [0.25, 0.3) is 55.6 Å². The fraction of sp³-hybridized carbons (Fsp3) is 0.172. The lowest BCUT2D eigenvalue weighted by Crippen LogP contribution is -2.55. The Balaban J connectivity index is 1.14. The van der Waals surface area contributed by atoms with E-state index in [9.17, 15) is 0 Å². The first kappa shape index (κ1) is 34.6. The summed E-state index contributed by atoms with van der Waals surface area (Å²) in [5.41, 5.74) is 19.6. The van der Waals surface area contributed by atoms with E-state index in [0.717, 1.165) is 23.2 Å². The Hall–Kier alpha value is -6.44. The van der Waals surface area contributed by atoms with Gasteiger partial charge in [0, 0.05) is 22.4 Å².